The van der Waals surface area contributed by atoms with Crippen LogP contribution in [0.1, 0.15) is 27.5 Å². The molecule has 0 atom stereocenters. The SMILES string of the molecule is Cc1nc(-c2cc(C)n(CC(=O)NCc3ccc(F)c(C)c3)c2C)cs1. The van der Waals surface area contributed by atoms with Crippen LogP contribution >= 0.6 is 11.3 Å². The molecule has 0 bridgehead atoms. The summed E-state index contributed by atoms with van der Waals surface area (Å²) in [5.74, 6) is -0.307. The van der Waals surface area contributed by atoms with E-state index < -0.39 is 0 Å². The second-order valence-electron chi connectivity index (χ2n) is 6.48. The molecule has 0 spiro atoms. The highest BCUT2D eigenvalue weighted by atomic mass is 32.1. The summed E-state index contributed by atoms with van der Waals surface area (Å²) < 4.78 is 15.3. The zero-order valence-electron chi connectivity index (χ0n) is 15.4. The number of nitrogens with one attached hydrogen (secondary N) is 1. The van der Waals surface area contributed by atoms with E-state index in [4.69, 9.17) is 0 Å². The molecular weight excluding hydrogens is 349 g/mol. The van der Waals surface area contributed by atoms with Crippen molar-refractivity contribution in [1.29, 1.82) is 0 Å². The van der Waals surface area contributed by atoms with Gasteiger partial charge in [0, 0.05) is 28.9 Å². The maximum absolute atomic E-state index is 13.3. The number of rotatable bonds is 5. The Bertz CT molecular complexity index is 958. The number of nitrogens with zero attached hydrogens (tertiary/aromatic N) is 2. The van der Waals surface area contributed by atoms with E-state index in [-0.39, 0.29) is 18.3 Å². The fraction of sp³-hybridized carbons (Fsp3) is 0.300. The number of hydrogen-bond acceptors (Lipinski definition) is 3. The minimum Gasteiger partial charge on any atom is -0.350 e. The minimum atomic E-state index is -0.233. The van der Waals surface area contributed by atoms with Crippen molar-refractivity contribution in [2.75, 3.05) is 0 Å². The molecule has 1 N–H and O–H groups in total. The van der Waals surface area contributed by atoms with Crippen LogP contribution in [0.3, 0.4) is 0 Å². The standard InChI is InChI=1S/C20H22FN3OS/c1-12-7-16(5-6-18(12)21)9-22-20(25)10-24-13(2)8-17(14(24)3)19-11-26-15(4)23-19/h5-8,11H,9-10H2,1-4H3,(H,22,25). The summed E-state index contributed by atoms with van der Waals surface area (Å²) in [6, 6.07) is 6.95. The first-order chi connectivity index (χ1) is 12.3. The van der Waals surface area contributed by atoms with Crippen molar-refractivity contribution in [1.82, 2.24) is 14.9 Å². The summed E-state index contributed by atoms with van der Waals surface area (Å²) >= 11 is 1.62. The fourth-order valence-electron chi connectivity index (χ4n) is 3.01. The summed E-state index contributed by atoms with van der Waals surface area (Å²) in [4.78, 5) is 16.9. The molecule has 136 valence electrons. The Labute approximate surface area is 156 Å². The highest BCUT2D eigenvalue weighted by Gasteiger charge is 2.15. The lowest BCUT2D eigenvalue weighted by Gasteiger charge is -2.11. The number of carbonyl (C=O) groups is 1. The van der Waals surface area contributed by atoms with Crippen molar-refractivity contribution in [2.24, 2.45) is 0 Å². The van der Waals surface area contributed by atoms with E-state index in [1.807, 2.05) is 30.7 Å². The summed E-state index contributed by atoms with van der Waals surface area (Å²) in [7, 11) is 0. The number of benzene rings is 1. The van der Waals surface area contributed by atoms with Crippen LogP contribution in [0.4, 0.5) is 4.39 Å². The second-order valence-corrected chi connectivity index (χ2v) is 7.55. The average molecular weight is 371 g/mol. The van der Waals surface area contributed by atoms with Gasteiger partial charge in [0.05, 0.1) is 10.7 Å². The van der Waals surface area contributed by atoms with Crippen LogP contribution in [0.25, 0.3) is 11.3 Å². The van der Waals surface area contributed by atoms with Crippen LogP contribution in [0.2, 0.25) is 0 Å². The van der Waals surface area contributed by atoms with Gasteiger partial charge in [-0.2, -0.15) is 0 Å². The van der Waals surface area contributed by atoms with Gasteiger partial charge in [-0.3, -0.25) is 4.79 Å². The van der Waals surface area contributed by atoms with Gasteiger partial charge < -0.3 is 9.88 Å². The van der Waals surface area contributed by atoms with Gasteiger partial charge in [-0.05, 0) is 51.0 Å². The molecule has 2 heterocycles. The molecule has 26 heavy (non-hydrogen) atoms. The lowest BCUT2D eigenvalue weighted by atomic mass is 10.1. The first kappa shape index (κ1) is 18.3. The van der Waals surface area contributed by atoms with E-state index in [9.17, 15) is 9.18 Å². The molecule has 0 saturated carbocycles. The Morgan fingerprint density at radius 2 is 2.00 bits per heavy atom. The third kappa shape index (κ3) is 3.85. The zero-order chi connectivity index (χ0) is 18.8. The molecule has 0 saturated heterocycles. The molecule has 0 unspecified atom stereocenters. The Kier molecular flexibility index (Phi) is 5.23. The van der Waals surface area contributed by atoms with Gasteiger partial charge in [0.25, 0.3) is 0 Å². The van der Waals surface area contributed by atoms with Crippen LogP contribution in [0.5, 0.6) is 0 Å². The Morgan fingerprint density at radius 1 is 1.23 bits per heavy atom. The Balaban J connectivity index is 1.69. The third-order valence-electron chi connectivity index (χ3n) is 4.48. The summed E-state index contributed by atoms with van der Waals surface area (Å²) in [6.45, 7) is 8.34. The van der Waals surface area contributed by atoms with Crippen molar-refractivity contribution >= 4 is 17.2 Å². The largest absolute Gasteiger partial charge is 0.350 e. The van der Waals surface area contributed by atoms with Gasteiger partial charge in [0.1, 0.15) is 12.4 Å². The minimum absolute atomic E-state index is 0.0743. The van der Waals surface area contributed by atoms with Gasteiger partial charge >= 0.3 is 0 Å². The van der Waals surface area contributed by atoms with E-state index in [1.165, 1.54) is 6.07 Å². The van der Waals surface area contributed by atoms with Gasteiger partial charge in [0.15, 0.2) is 0 Å². The molecule has 3 rings (SSSR count). The Hall–Kier alpha value is -2.47. The van der Waals surface area contributed by atoms with E-state index in [0.717, 1.165) is 33.2 Å². The first-order valence-corrected chi connectivity index (χ1v) is 9.34. The molecule has 2 aromatic heterocycles. The van der Waals surface area contributed by atoms with Crippen molar-refractivity contribution in [3.05, 3.63) is 63.0 Å². The number of aryl methyl sites for hydroxylation is 3. The van der Waals surface area contributed by atoms with Crippen molar-refractivity contribution in [2.45, 2.75) is 40.8 Å². The molecule has 4 nitrogen and oxygen atoms in total. The van der Waals surface area contributed by atoms with Gasteiger partial charge in [-0.1, -0.05) is 12.1 Å². The number of amides is 1. The molecule has 6 heteroatoms. The van der Waals surface area contributed by atoms with Crippen LogP contribution in [-0.4, -0.2) is 15.5 Å². The molecular formula is C20H22FN3OS. The maximum Gasteiger partial charge on any atom is 0.240 e. The lowest BCUT2D eigenvalue weighted by Crippen LogP contribution is -2.27. The predicted molar refractivity (Wildman–Crippen MR) is 103 cm³/mol. The number of aromatic nitrogens is 2. The van der Waals surface area contributed by atoms with Crippen molar-refractivity contribution in [3.8, 4) is 11.3 Å². The molecule has 0 aliphatic carbocycles. The summed E-state index contributed by atoms with van der Waals surface area (Å²) in [5, 5.41) is 5.97. The number of halogens is 1. The highest BCUT2D eigenvalue weighted by Crippen LogP contribution is 2.27. The quantitative estimate of drug-likeness (QED) is 0.727. The van der Waals surface area contributed by atoms with Gasteiger partial charge in [-0.25, -0.2) is 9.37 Å². The average Bonchev–Trinajstić information content (AvgIpc) is 3.14. The Morgan fingerprint density at radius 3 is 2.65 bits per heavy atom. The van der Waals surface area contributed by atoms with Gasteiger partial charge in [0.2, 0.25) is 5.91 Å². The van der Waals surface area contributed by atoms with Crippen LogP contribution in [0, 0.1) is 33.5 Å². The van der Waals surface area contributed by atoms with Crippen LogP contribution in [-0.2, 0) is 17.9 Å². The predicted octanol–water partition coefficient (Wildman–Crippen LogP) is 4.30. The lowest BCUT2D eigenvalue weighted by molar-refractivity contribution is -0.121. The number of hydrogen-bond donors (Lipinski definition) is 1. The topological polar surface area (TPSA) is 46.9 Å². The molecule has 1 aromatic carbocycles. The third-order valence-corrected chi connectivity index (χ3v) is 5.26. The van der Waals surface area contributed by atoms with E-state index in [0.29, 0.717) is 12.1 Å². The molecule has 0 aliphatic heterocycles. The summed E-state index contributed by atoms with van der Waals surface area (Å²) in [5.41, 5.74) is 5.54. The van der Waals surface area contributed by atoms with E-state index in [2.05, 4.69) is 16.4 Å². The maximum atomic E-state index is 13.3. The van der Waals surface area contributed by atoms with Crippen LogP contribution < -0.4 is 5.32 Å². The molecule has 1 amide bonds. The zero-order valence-corrected chi connectivity index (χ0v) is 16.2. The smallest absolute Gasteiger partial charge is 0.240 e. The monoisotopic (exact) mass is 371 g/mol. The highest BCUT2D eigenvalue weighted by molar-refractivity contribution is 7.09. The molecule has 0 aliphatic rings. The van der Waals surface area contributed by atoms with Crippen molar-refractivity contribution in [3.63, 3.8) is 0 Å². The number of thiazole rings is 1. The van der Waals surface area contributed by atoms with Crippen molar-refractivity contribution < 1.29 is 9.18 Å². The molecule has 0 fully saturated rings. The van der Waals surface area contributed by atoms with E-state index in [1.54, 1.807) is 30.4 Å². The summed E-state index contributed by atoms with van der Waals surface area (Å²) in [6.07, 6.45) is 0. The fourth-order valence-corrected chi connectivity index (χ4v) is 3.62. The number of carbonyl (C=O) groups excluding carboxylic acids is 1. The molecule has 3 aromatic rings. The molecule has 0 radical (unpaired) electrons. The first-order valence-electron chi connectivity index (χ1n) is 8.46. The second kappa shape index (κ2) is 7.41. The normalized spacial score (nSPS) is 11.0. The van der Waals surface area contributed by atoms with E-state index >= 15 is 0 Å². The van der Waals surface area contributed by atoms with Crippen LogP contribution in [0.15, 0.2) is 29.6 Å². The van der Waals surface area contributed by atoms with Gasteiger partial charge in [-0.15, -0.1) is 11.3 Å².